The molecule has 1 atom stereocenters. The van der Waals surface area contributed by atoms with Gasteiger partial charge in [-0.1, -0.05) is 30.9 Å². The molecule has 0 radical (unpaired) electrons. The van der Waals surface area contributed by atoms with Gasteiger partial charge in [0.25, 0.3) is 0 Å². The molecule has 7 heteroatoms. The van der Waals surface area contributed by atoms with Crippen LogP contribution in [0.5, 0.6) is 0 Å². The van der Waals surface area contributed by atoms with E-state index in [1.54, 1.807) is 12.1 Å². The van der Waals surface area contributed by atoms with Crippen LogP contribution in [0.4, 0.5) is 0 Å². The number of benzene rings is 1. The molecule has 1 aromatic rings. The molecule has 2 aliphatic heterocycles. The molecule has 0 N–H and O–H groups in total. The first-order valence-electron chi connectivity index (χ1n) is 9.06. The van der Waals surface area contributed by atoms with Crippen LogP contribution in [0, 0.1) is 0 Å². The first-order chi connectivity index (χ1) is 12.0. The second kappa shape index (κ2) is 8.06. The van der Waals surface area contributed by atoms with Crippen molar-refractivity contribution < 1.29 is 13.2 Å². The number of nitrogens with zero attached hydrogens (tertiary/aromatic N) is 2. The Morgan fingerprint density at radius 1 is 0.920 bits per heavy atom. The van der Waals surface area contributed by atoms with E-state index in [0.29, 0.717) is 18.0 Å². The van der Waals surface area contributed by atoms with Gasteiger partial charge in [0.1, 0.15) is 6.04 Å². The van der Waals surface area contributed by atoms with Crippen molar-refractivity contribution >= 4 is 27.5 Å². The Labute approximate surface area is 155 Å². The minimum Gasteiger partial charge on any atom is -0.341 e. The lowest BCUT2D eigenvalue weighted by Gasteiger charge is -2.36. The Balaban J connectivity index is 1.84. The van der Waals surface area contributed by atoms with Gasteiger partial charge in [0.05, 0.1) is 4.90 Å². The third-order valence-corrected chi connectivity index (χ3v) is 7.25. The second-order valence-electron chi connectivity index (χ2n) is 6.82. The van der Waals surface area contributed by atoms with Crippen LogP contribution in [0.2, 0.25) is 5.02 Å². The predicted molar refractivity (Wildman–Crippen MR) is 98.0 cm³/mol. The zero-order valence-corrected chi connectivity index (χ0v) is 15.9. The highest BCUT2D eigenvalue weighted by atomic mass is 35.5. The van der Waals surface area contributed by atoms with Crippen molar-refractivity contribution in [3.05, 3.63) is 29.3 Å². The van der Waals surface area contributed by atoms with Gasteiger partial charge in [-0.2, -0.15) is 4.31 Å². The van der Waals surface area contributed by atoms with Crippen molar-refractivity contribution in [1.82, 2.24) is 9.21 Å². The van der Waals surface area contributed by atoms with Gasteiger partial charge < -0.3 is 4.90 Å². The quantitative estimate of drug-likeness (QED) is 0.803. The van der Waals surface area contributed by atoms with E-state index in [4.69, 9.17) is 11.6 Å². The normalized spacial score (nSPS) is 23.2. The Kier molecular flexibility index (Phi) is 6.02. The molecule has 1 aromatic carbocycles. The SMILES string of the molecule is O=C(C1CCCCN1S(=O)(=O)c1ccc(Cl)cc1)N1CCCCCC1. The smallest absolute Gasteiger partial charge is 0.243 e. The Morgan fingerprint density at radius 2 is 1.52 bits per heavy atom. The summed E-state index contributed by atoms with van der Waals surface area (Å²) >= 11 is 5.87. The maximum Gasteiger partial charge on any atom is 0.243 e. The van der Waals surface area contributed by atoms with Gasteiger partial charge in [-0.05, 0) is 49.9 Å². The maximum absolute atomic E-state index is 13.1. The van der Waals surface area contributed by atoms with Crippen LogP contribution in [0.25, 0.3) is 0 Å². The Hall–Kier alpha value is -1.11. The molecule has 1 amide bonds. The Bertz CT molecular complexity index is 698. The number of likely N-dealkylation sites (tertiary alicyclic amines) is 1. The largest absolute Gasteiger partial charge is 0.341 e. The van der Waals surface area contributed by atoms with E-state index in [-0.39, 0.29) is 10.8 Å². The van der Waals surface area contributed by atoms with E-state index in [1.165, 1.54) is 16.4 Å². The molecule has 3 rings (SSSR count). The summed E-state index contributed by atoms with van der Waals surface area (Å²) in [7, 11) is -3.69. The van der Waals surface area contributed by atoms with Crippen LogP contribution < -0.4 is 0 Å². The highest BCUT2D eigenvalue weighted by Gasteiger charge is 2.39. The topological polar surface area (TPSA) is 57.7 Å². The molecule has 2 heterocycles. The molecule has 1 unspecified atom stereocenters. The average molecular weight is 385 g/mol. The third-order valence-electron chi connectivity index (χ3n) is 5.08. The van der Waals surface area contributed by atoms with Crippen molar-refractivity contribution in [3.63, 3.8) is 0 Å². The molecule has 2 aliphatic rings. The lowest BCUT2D eigenvalue weighted by atomic mass is 10.0. The van der Waals surface area contributed by atoms with Gasteiger partial charge in [-0.15, -0.1) is 0 Å². The van der Waals surface area contributed by atoms with Crippen molar-refractivity contribution in [3.8, 4) is 0 Å². The lowest BCUT2D eigenvalue weighted by molar-refractivity contribution is -0.136. The molecule has 2 fully saturated rings. The summed E-state index contributed by atoms with van der Waals surface area (Å²) in [6, 6.07) is 5.60. The van der Waals surface area contributed by atoms with Crippen LogP contribution in [0.15, 0.2) is 29.2 Å². The third kappa shape index (κ3) is 4.18. The molecule has 0 saturated carbocycles. The van der Waals surface area contributed by atoms with E-state index in [2.05, 4.69) is 0 Å². The molecule has 2 saturated heterocycles. The predicted octanol–water partition coefficient (Wildman–Crippen LogP) is 3.29. The van der Waals surface area contributed by atoms with Gasteiger partial charge in [-0.25, -0.2) is 8.42 Å². The number of rotatable bonds is 3. The van der Waals surface area contributed by atoms with Crippen molar-refractivity contribution in [1.29, 1.82) is 0 Å². The molecular weight excluding hydrogens is 360 g/mol. The van der Waals surface area contributed by atoms with Crippen LogP contribution in [0.3, 0.4) is 0 Å². The summed E-state index contributed by atoms with van der Waals surface area (Å²) in [5.74, 6) is -0.0286. The van der Waals surface area contributed by atoms with Crippen LogP contribution in [-0.2, 0) is 14.8 Å². The number of carbonyl (C=O) groups is 1. The number of hydrogen-bond donors (Lipinski definition) is 0. The lowest BCUT2D eigenvalue weighted by Crippen LogP contribution is -2.53. The molecule has 0 aromatic heterocycles. The Morgan fingerprint density at radius 3 is 2.16 bits per heavy atom. The fourth-order valence-electron chi connectivity index (χ4n) is 3.68. The maximum atomic E-state index is 13.1. The molecule has 0 spiro atoms. The first kappa shape index (κ1) is 18.7. The number of amides is 1. The molecular formula is C18H25ClN2O3S. The van der Waals surface area contributed by atoms with Gasteiger partial charge >= 0.3 is 0 Å². The van der Waals surface area contributed by atoms with Gasteiger partial charge in [0.2, 0.25) is 15.9 Å². The number of piperidine rings is 1. The van der Waals surface area contributed by atoms with Gasteiger partial charge in [-0.3, -0.25) is 4.79 Å². The van der Waals surface area contributed by atoms with Crippen LogP contribution in [0.1, 0.15) is 44.9 Å². The fourth-order valence-corrected chi connectivity index (χ4v) is 5.46. The number of sulfonamides is 1. The first-order valence-corrected chi connectivity index (χ1v) is 10.9. The molecule has 138 valence electrons. The fraction of sp³-hybridized carbons (Fsp3) is 0.611. The highest BCUT2D eigenvalue weighted by Crippen LogP contribution is 2.28. The van der Waals surface area contributed by atoms with Gasteiger partial charge in [0, 0.05) is 24.7 Å². The summed E-state index contributed by atoms with van der Waals surface area (Å²) in [6.07, 6.45) is 6.56. The van der Waals surface area contributed by atoms with E-state index < -0.39 is 16.1 Å². The molecule has 0 bridgehead atoms. The summed E-state index contributed by atoms with van der Waals surface area (Å²) in [5, 5.41) is 0.495. The van der Waals surface area contributed by atoms with E-state index in [1.807, 2.05) is 4.90 Å². The molecule has 25 heavy (non-hydrogen) atoms. The minimum absolute atomic E-state index is 0.0286. The summed E-state index contributed by atoms with van der Waals surface area (Å²) in [6.45, 7) is 1.88. The number of carbonyl (C=O) groups excluding carboxylic acids is 1. The van der Waals surface area contributed by atoms with Gasteiger partial charge in [0.15, 0.2) is 0 Å². The second-order valence-corrected chi connectivity index (χ2v) is 9.15. The van der Waals surface area contributed by atoms with E-state index in [9.17, 15) is 13.2 Å². The zero-order valence-electron chi connectivity index (χ0n) is 14.4. The number of halogens is 1. The van der Waals surface area contributed by atoms with E-state index in [0.717, 1.165) is 51.6 Å². The van der Waals surface area contributed by atoms with Crippen molar-refractivity contribution in [2.24, 2.45) is 0 Å². The van der Waals surface area contributed by atoms with E-state index >= 15 is 0 Å². The zero-order chi connectivity index (χ0) is 17.9. The molecule has 0 aliphatic carbocycles. The molecule has 5 nitrogen and oxygen atoms in total. The van der Waals surface area contributed by atoms with Crippen molar-refractivity contribution in [2.45, 2.75) is 55.9 Å². The minimum atomic E-state index is -3.69. The highest BCUT2D eigenvalue weighted by molar-refractivity contribution is 7.89. The standard InChI is InChI=1S/C18H25ClN2O3S/c19-15-8-10-16(11-9-15)25(23,24)21-14-6-3-7-17(21)18(22)20-12-4-1-2-5-13-20/h8-11,17H,1-7,12-14H2. The van der Waals surface area contributed by atoms with Crippen LogP contribution in [-0.4, -0.2) is 49.2 Å². The summed E-state index contributed by atoms with van der Waals surface area (Å²) in [5.41, 5.74) is 0. The summed E-state index contributed by atoms with van der Waals surface area (Å²) < 4.78 is 27.6. The van der Waals surface area contributed by atoms with Crippen molar-refractivity contribution in [2.75, 3.05) is 19.6 Å². The average Bonchev–Trinajstić information content (AvgIpc) is 2.91. The monoisotopic (exact) mass is 384 g/mol. The summed E-state index contributed by atoms with van der Waals surface area (Å²) in [4.78, 5) is 15.1. The number of hydrogen-bond acceptors (Lipinski definition) is 3. The van der Waals surface area contributed by atoms with Crippen LogP contribution >= 0.6 is 11.6 Å².